The van der Waals surface area contributed by atoms with Crippen LogP contribution in [0.15, 0.2) is 24.3 Å². The zero-order valence-corrected chi connectivity index (χ0v) is 8.21. The SMILES string of the molecule is CC(=O)C(N)Cc1ccccc1Cl. The third-order valence-corrected chi connectivity index (χ3v) is 2.29. The van der Waals surface area contributed by atoms with Gasteiger partial charge in [0.15, 0.2) is 0 Å². The lowest BCUT2D eigenvalue weighted by molar-refractivity contribution is -0.118. The van der Waals surface area contributed by atoms with Gasteiger partial charge in [-0.1, -0.05) is 29.8 Å². The first-order chi connectivity index (χ1) is 6.11. The molecule has 13 heavy (non-hydrogen) atoms. The van der Waals surface area contributed by atoms with Crippen molar-refractivity contribution in [1.29, 1.82) is 0 Å². The summed E-state index contributed by atoms with van der Waals surface area (Å²) in [6.45, 7) is 1.49. The van der Waals surface area contributed by atoms with Crippen molar-refractivity contribution in [2.24, 2.45) is 5.73 Å². The Morgan fingerprint density at radius 1 is 1.54 bits per heavy atom. The number of carbonyl (C=O) groups is 1. The molecule has 0 bridgehead atoms. The third kappa shape index (κ3) is 2.83. The number of hydrogen-bond acceptors (Lipinski definition) is 2. The predicted octanol–water partition coefficient (Wildman–Crippen LogP) is 1.80. The van der Waals surface area contributed by atoms with E-state index in [1.54, 1.807) is 6.07 Å². The average Bonchev–Trinajstić information content (AvgIpc) is 2.08. The molecule has 70 valence electrons. The average molecular weight is 198 g/mol. The molecule has 3 heteroatoms. The van der Waals surface area contributed by atoms with Crippen LogP contribution in [0.2, 0.25) is 5.02 Å². The Kier molecular flexibility index (Phi) is 3.46. The van der Waals surface area contributed by atoms with Crippen LogP contribution >= 0.6 is 11.6 Å². The maximum Gasteiger partial charge on any atom is 0.146 e. The largest absolute Gasteiger partial charge is 0.321 e. The van der Waals surface area contributed by atoms with Crippen molar-refractivity contribution in [2.45, 2.75) is 19.4 Å². The van der Waals surface area contributed by atoms with Gasteiger partial charge in [-0.2, -0.15) is 0 Å². The Bertz CT molecular complexity index is 312. The number of hydrogen-bond donors (Lipinski definition) is 1. The molecule has 0 aliphatic heterocycles. The Morgan fingerprint density at radius 2 is 2.15 bits per heavy atom. The van der Waals surface area contributed by atoms with E-state index in [0.717, 1.165) is 5.56 Å². The summed E-state index contributed by atoms with van der Waals surface area (Å²) >= 11 is 5.91. The first kappa shape index (κ1) is 10.2. The summed E-state index contributed by atoms with van der Waals surface area (Å²) in [5.41, 5.74) is 6.53. The maximum atomic E-state index is 10.9. The highest BCUT2D eigenvalue weighted by molar-refractivity contribution is 6.31. The fraction of sp³-hybridized carbons (Fsp3) is 0.300. The fourth-order valence-electron chi connectivity index (χ4n) is 1.04. The minimum Gasteiger partial charge on any atom is -0.321 e. The van der Waals surface area contributed by atoms with Crippen LogP contribution < -0.4 is 5.73 Å². The molecule has 0 saturated carbocycles. The highest BCUT2D eigenvalue weighted by atomic mass is 35.5. The highest BCUT2D eigenvalue weighted by Gasteiger charge is 2.10. The van der Waals surface area contributed by atoms with Crippen LogP contribution in [0.4, 0.5) is 0 Å². The molecule has 1 aromatic rings. The molecule has 0 aromatic heterocycles. The Labute approximate surface area is 82.7 Å². The molecule has 1 atom stereocenters. The maximum absolute atomic E-state index is 10.9. The Morgan fingerprint density at radius 3 is 2.69 bits per heavy atom. The van der Waals surface area contributed by atoms with Gasteiger partial charge >= 0.3 is 0 Å². The minimum absolute atomic E-state index is 0.0140. The second-order valence-electron chi connectivity index (χ2n) is 3.01. The molecule has 2 N–H and O–H groups in total. The predicted molar refractivity (Wildman–Crippen MR) is 53.8 cm³/mol. The van der Waals surface area contributed by atoms with E-state index in [-0.39, 0.29) is 5.78 Å². The van der Waals surface area contributed by atoms with E-state index in [1.165, 1.54) is 6.92 Å². The van der Waals surface area contributed by atoms with Crippen LogP contribution in [0.3, 0.4) is 0 Å². The number of carbonyl (C=O) groups excluding carboxylic acids is 1. The second-order valence-corrected chi connectivity index (χ2v) is 3.42. The summed E-state index contributed by atoms with van der Waals surface area (Å²) in [5, 5.41) is 0.666. The molecule has 0 aliphatic carbocycles. The van der Waals surface area contributed by atoms with E-state index < -0.39 is 6.04 Å². The Balaban J connectivity index is 2.74. The number of nitrogens with two attached hydrogens (primary N) is 1. The molecule has 0 heterocycles. The summed E-state index contributed by atoms with van der Waals surface area (Å²) in [7, 11) is 0. The molecule has 1 rings (SSSR count). The molecule has 0 saturated heterocycles. The van der Waals surface area contributed by atoms with E-state index in [1.807, 2.05) is 18.2 Å². The first-order valence-corrected chi connectivity index (χ1v) is 4.48. The van der Waals surface area contributed by atoms with Crippen molar-refractivity contribution in [1.82, 2.24) is 0 Å². The van der Waals surface area contributed by atoms with Crippen LogP contribution in [-0.4, -0.2) is 11.8 Å². The van der Waals surface area contributed by atoms with Gasteiger partial charge in [0, 0.05) is 5.02 Å². The van der Waals surface area contributed by atoms with Crippen molar-refractivity contribution in [3.63, 3.8) is 0 Å². The summed E-state index contributed by atoms with van der Waals surface area (Å²) in [6, 6.07) is 6.97. The van der Waals surface area contributed by atoms with Gasteiger partial charge in [-0.05, 0) is 25.0 Å². The molecule has 2 nitrogen and oxygen atoms in total. The fourth-order valence-corrected chi connectivity index (χ4v) is 1.26. The molecule has 1 unspecified atom stereocenters. The molecule has 0 spiro atoms. The topological polar surface area (TPSA) is 43.1 Å². The first-order valence-electron chi connectivity index (χ1n) is 4.10. The molecule has 0 amide bonds. The lowest BCUT2D eigenvalue weighted by Crippen LogP contribution is -2.30. The van der Waals surface area contributed by atoms with Crippen LogP contribution in [0.5, 0.6) is 0 Å². The molecule has 1 aromatic carbocycles. The molecular formula is C10H12ClNO. The molecule has 0 radical (unpaired) electrons. The van der Waals surface area contributed by atoms with Crippen LogP contribution in [0, 0.1) is 0 Å². The standard InChI is InChI=1S/C10H12ClNO/c1-7(13)10(12)6-8-4-2-3-5-9(8)11/h2-5,10H,6,12H2,1H3. The summed E-state index contributed by atoms with van der Waals surface area (Å²) in [4.78, 5) is 10.9. The lowest BCUT2D eigenvalue weighted by Gasteiger charge is -2.08. The van der Waals surface area contributed by atoms with Gasteiger partial charge in [0.05, 0.1) is 6.04 Å². The van der Waals surface area contributed by atoms with Crippen molar-refractivity contribution in [2.75, 3.05) is 0 Å². The normalized spacial score (nSPS) is 12.5. The van der Waals surface area contributed by atoms with Gasteiger partial charge in [-0.3, -0.25) is 4.79 Å². The number of halogens is 1. The van der Waals surface area contributed by atoms with Gasteiger partial charge < -0.3 is 5.73 Å². The third-order valence-electron chi connectivity index (χ3n) is 1.92. The van der Waals surface area contributed by atoms with E-state index in [2.05, 4.69) is 0 Å². The summed E-state index contributed by atoms with van der Waals surface area (Å²) in [6.07, 6.45) is 0.509. The molecule has 0 aliphatic rings. The minimum atomic E-state index is -0.445. The second kappa shape index (κ2) is 4.40. The zero-order chi connectivity index (χ0) is 9.84. The van der Waals surface area contributed by atoms with Gasteiger partial charge in [0.25, 0.3) is 0 Å². The highest BCUT2D eigenvalue weighted by Crippen LogP contribution is 2.16. The van der Waals surface area contributed by atoms with E-state index in [4.69, 9.17) is 17.3 Å². The lowest BCUT2D eigenvalue weighted by atomic mass is 10.0. The van der Waals surface area contributed by atoms with Crippen LogP contribution in [0.25, 0.3) is 0 Å². The quantitative estimate of drug-likeness (QED) is 0.803. The van der Waals surface area contributed by atoms with Crippen molar-refractivity contribution in [3.8, 4) is 0 Å². The number of rotatable bonds is 3. The summed E-state index contributed by atoms with van der Waals surface area (Å²) < 4.78 is 0. The van der Waals surface area contributed by atoms with Crippen LogP contribution in [-0.2, 0) is 11.2 Å². The van der Waals surface area contributed by atoms with Crippen molar-refractivity contribution >= 4 is 17.4 Å². The summed E-state index contributed by atoms with van der Waals surface area (Å²) in [5.74, 6) is -0.0140. The van der Waals surface area contributed by atoms with Gasteiger partial charge in [-0.25, -0.2) is 0 Å². The number of Topliss-reactive ketones (excluding diaryl/α,β-unsaturated/α-hetero) is 1. The van der Waals surface area contributed by atoms with E-state index in [0.29, 0.717) is 11.4 Å². The van der Waals surface area contributed by atoms with Crippen molar-refractivity contribution < 1.29 is 4.79 Å². The van der Waals surface area contributed by atoms with E-state index >= 15 is 0 Å². The zero-order valence-electron chi connectivity index (χ0n) is 7.46. The molecule has 0 fully saturated rings. The van der Waals surface area contributed by atoms with Crippen LogP contribution in [0.1, 0.15) is 12.5 Å². The smallest absolute Gasteiger partial charge is 0.146 e. The van der Waals surface area contributed by atoms with Gasteiger partial charge in [-0.15, -0.1) is 0 Å². The Hall–Kier alpha value is -0.860. The van der Waals surface area contributed by atoms with Gasteiger partial charge in [0.1, 0.15) is 5.78 Å². The number of benzene rings is 1. The van der Waals surface area contributed by atoms with E-state index in [9.17, 15) is 4.79 Å². The van der Waals surface area contributed by atoms with Gasteiger partial charge in [0.2, 0.25) is 0 Å². The van der Waals surface area contributed by atoms with Crippen molar-refractivity contribution in [3.05, 3.63) is 34.9 Å². The monoisotopic (exact) mass is 197 g/mol. The molecular weight excluding hydrogens is 186 g/mol. The number of ketones is 1.